The molecule has 0 unspecified atom stereocenters. The standard InChI is InChI=1S/C29H32ClFN6O9/c1-35-20(16-32-29(35)37(40)41)17-36(19-3-4-23(31)22(30)13-19)28-21-14-26(25(42-2)15-24(21)33-18-34-28)46-12-11-45-10-9-44-8-7-43-6-5-27(38)39/h3-4,13-16,18H,5-12,17H2,1-2H3,(H,38,39). The van der Waals surface area contributed by atoms with Gasteiger partial charge in [0.1, 0.15) is 36.5 Å². The number of ether oxygens (including phenoxy) is 5. The van der Waals surface area contributed by atoms with Gasteiger partial charge in [0.25, 0.3) is 0 Å². The molecule has 0 bridgehead atoms. The fourth-order valence-corrected chi connectivity index (χ4v) is 4.48. The molecule has 15 nitrogen and oxygen atoms in total. The molecule has 17 heteroatoms. The second kappa shape index (κ2) is 16.6. The molecule has 0 amide bonds. The van der Waals surface area contributed by atoms with E-state index < -0.39 is 16.7 Å². The first-order valence-electron chi connectivity index (χ1n) is 14.0. The number of rotatable bonds is 19. The lowest BCUT2D eigenvalue weighted by molar-refractivity contribution is -0.396. The van der Waals surface area contributed by atoms with Crippen molar-refractivity contribution in [2.24, 2.45) is 7.05 Å². The fraction of sp³-hybridized carbons (Fsp3) is 0.379. The van der Waals surface area contributed by atoms with Crippen LogP contribution in [0.4, 0.5) is 21.8 Å². The molecular weight excluding hydrogens is 631 g/mol. The molecule has 1 N–H and O–H groups in total. The second-order valence-corrected chi connectivity index (χ2v) is 10.0. The Kier molecular flexibility index (Phi) is 12.4. The summed E-state index contributed by atoms with van der Waals surface area (Å²) in [5.74, 6) is -0.662. The average Bonchev–Trinajstić information content (AvgIpc) is 3.40. The Balaban J connectivity index is 1.49. The predicted molar refractivity (Wildman–Crippen MR) is 163 cm³/mol. The number of fused-ring (bicyclic) bond motifs is 1. The van der Waals surface area contributed by atoms with Crippen LogP contribution in [0.15, 0.2) is 42.9 Å². The van der Waals surface area contributed by atoms with Gasteiger partial charge in [-0.3, -0.25) is 4.79 Å². The van der Waals surface area contributed by atoms with Crippen molar-refractivity contribution in [2.45, 2.75) is 13.0 Å². The van der Waals surface area contributed by atoms with Gasteiger partial charge in [0, 0.05) is 17.1 Å². The molecule has 0 fully saturated rings. The molecule has 246 valence electrons. The third-order valence-electron chi connectivity index (χ3n) is 6.60. The number of carbonyl (C=O) groups is 1. The molecule has 0 spiro atoms. The number of benzene rings is 2. The Morgan fingerprint density at radius 2 is 1.72 bits per heavy atom. The number of nitrogens with zero attached hydrogens (tertiary/aromatic N) is 6. The van der Waals surface area contributed by atoms with E-state index in [1.807, 2.05) is 0 Å². The number of methoxy groups -OCH3 is 1. The number of carboxylic acids is 1. The maximum atomic E-state index is 14.1. The molecular formula is C29H32ClFN6O9. The first-order chi connectivity index (χ1) is 22.2. The highest BCUT2D eigenvalue weighted by molar-refractivity contribution is 6.31. The SMILES string of the molecule is COc1cc2ncnc(N(Cc3cnc([N+](=O)[O-])n3C)c3ccc(F)c(Cl)c3)c2cc1OCCOCCOCCOCCC(=O)O. The second-order valence-electron chi connectivity index (χ2n) is 9.60. The molecule has 0 radical (unpaired) electrons. The molecule has 0 saturated heterocycles. The van der Waals surface area contributed by atoms with Gasteiger partial charge in [-0.1, -0.05) is 16.6 Å². The normalized spacial score (nSPS) is 11.1. The van der Waals surface area contributed by atoms with Gasteiger partial charge < -0.3 is 43.8 Å². The summed E-state index contributed by atoms with van der Waals surface area (Å²) in [6.45, 7) is 1.87. The van der Waals surface area contributed by atoms with E-state index in [1.165, 1.54) is 49.4 Å². The van der Waals surface area contributed by atoms with Crippen LogP contribution in [0, 0.1) is 15.9 Å². The summed E-state index contributed by atoms with van der Waals surface area (Å²) in [7, 11) is 3.02. The van der Waals surface area contributed by atoms with Gasteiger partial charge in [-0.25, -0.2) is 18.9 Å². The van der Waals surface area contributed by atoms with Crippen LogP contribution in [-0.4, -0.2) is 88.9 Å². The average molecular weight is 663 g/mol. The summed E-state index contributed by atoms with van der Waals surface area (Å²) in [4.78, 5) is 35.8. The largest absolute Gasteiger partial charge is 0.493 e. The van der Waals surface area contributed by atoms with Crippen LogP contribution in [0.2, 0.25) is 5.02 Å². The molecule has 4 rings (SSSR count). The van der Waals surface area contributed by atoms with Crippen LogP contribution < -0.4 is 14.4 Å². The summed E-state index contributed by atoms with van der Waals surface area (Å²) in [5, 5.41) is 20.4. The van der Waals surface area contributed by atoms with Crippen LogP contribution in [0.1, 0.15) is 12.1 Å². The number of hydrogen-bond acceptors (Lipinski definition) is 12. The van der Waals surface area contributed by atoms with Crippen LogP contribution in [0.25, 0.3) is 10.9 Å². The summed E-state index contributed by atoms with van der Waals surface area (Å²) < 4.78 is 43.1. The van der Waals surface area contributed by atoms with Crippen molar-refractivity contribution in [1.29, 1.82) is 0 Å². The smallest absolute Gasteiger partial charge is 0.434 e. The summed E-state index contributed by atoms with van der Waals surface area (Å²) in [5.41, 5.74) is 1.47. The lowest BCUT2D eigenvalue weighted by atomic mass is 10.1. The van der Waals surface area contributed by atoms with Gasteiger partial charge in [0.05, 0.1) is 77.3 Å². The van der Waals surface area contributed by atoms with Crippen molar-refractivity contribution in [1.82, 2.24) is 19.5 Å². The highest BCUT2D eigenvalue weighted by Crippen LogP contribution is 2.38. The van der Waals surface area contributed by atoms with Crippen LogP contribution in [0.3, 0.4) is 0 Å². The molecule has 0 aliphatic carbocycles. The highest BCUT2D eigenvalue weighted by Gasteiger charge is 2.24. The van der Waals surface area contributed by atoms with Crippen molar-refractivity contribution in [3.05, 3.63) is 69.5 Å². The highest BCUT2D eigenvalue weighted by atomic mass is 35.5. The van der Waals surface area contributed by atoms with Gasteiger partial charge in [-0.15, -0.1) is 0 Å². The quantitative estimate of drug-likeness (QED) is 0.0855. The minimum absolute atomic E-state index is 0.0567. The van der Waals surface area contributed by atoms with Gasteiger partial charge >= 0.3 is 11.9 Å². The third kappa shape index (κ3) is 8.97. The molecule has 0 saturated carbocycles. The van der Waals surface area contributed by atoms with Crippen molar-refractivity contribution in [3.8, 4) is 11.5 Å². The zero-order valence-electron chi connectivity index (χ0n) is 25.1. The van der Waals surface area contributed by atoms with E-state index in [1.54, 1.807) is 17.0 Å². The Labute approximate surface area is 267 Å². The Morgan fingerprint density at radius 1 is 1.02 bits per heavy atom. The fourth-order valence-electron chi connectivity index (χ4n) is 4.30. The van der Waals surface area contributed by atoms with E-state index in [9.17, 15) is 19.3 Å². The van der Waals surface area contributed by atoms with Crippen molar-refractivity contribution in [2.75, 3.05) is 58.3 Å². The molecule has 0 aliphatic heterocycles. The molecule has 2 aromatic heterocycles. The van der Waals surface area contributed by atoms with Crippen LogP contribution in [-0.2, 0) is 32.6 Å². The number of aliphatic carboxylic acids is 1. The van der Waals surface area contributed by atoms with Gasteiger partial charge in [0.15, 0.2) is 11.5 Å². The lowest BCUT2D eigenvalue weighted by Crippen LogP contribution is -2.20. The maximum Gasteiger partial charge on any atom is 0.434 e. The third-order valence-corrected chi connectivity index (χ3v) is 6.89. The van der Waals surface area contributed by atoms with Crippen LogP contribution in [0.5, 0.6) is 11.5 Å². The number of halogens is 2. The van der Waals surface area contributed by atoms with E-state index in [4.69, 9.17) is 40.4 Å². The topological polar surface area (TPSA) is 173 Å². The number of hydrogen-bond donors (Lipinski definition) is 1. The monoisotopic (exact) mass is 662 g/mol. The number of aromatic nitrogens is 4. The van der Waals surface area contributed by atoms with Crippen molar-refractivity contribution in [3.63, 3.8) is 0 Å². The first-order valence-corrected chi connectivity index (χ1v) is 14.4. The van der Waals surface area contributed by atoms with E-state index in [-0.39, 0.29) is 50.4 Å². The van der Waals surface area contributed by atoms with E-state index in [2.05, 4.69) is 15.0 Å². The minimum Gasteiger partial charge on any atom is -0.493 e. The zero-order chi connectivity index (χ0) is 33.1. The van der Waals surface area contributed by atoms with Gasteiger partial charge in [0.2, 0.25) is 0 Å². The molecule has 2 heterocycles. The number of imidazole rings is 1. The number of nitro groups is 1. The zero-order valence-corrected chi connectivity index (χ0v) is 25.8. The summed E-state index contributed by atoms with van der Waals surface area (Å²) >= 11 is 6.13. The Hall–Kier alpha value is -4.64. The van der Waals surface area contributed by atoms with Crippen molar-refractivity contribution < 1.29 is 42.9 Å². The molecule has 2 aromatic carbocycles. The van der Waals surface area contributed by atoms with E-state index >= 15 is 0 Å². The van der Waals surface area contributed by atoms with Crippen molar-refractivity contribution >= 4 is 45.9 Å². The molecule has 46 heavy (non-hydrogen) atoms. The van der Waals surface area contributed by atoms with E-state index in [0.29, 0.717) is 59.4 Å². The Morgan fingerprint density at radius 3 is 2.35 bits per heavy atom. The molecule has 0 aliphatic rings. The summed E-state index contributed by atoms with van der Waals surface area (Å²) in [6, 6.07) is 7.58. The maximum absolute atomic E-state index is 14.1. The number of anilines is 2. The predicted octanol–water partition coefficient (Wildman–Crippen LogP) is 4.31. The van der Waals surface area contributed by atoms with Gasteiger partial charge in [-0.05, 0) is 29.2 Å². The number of carboxylic acid groups (broad SMARTS) is 1. The van der Waals surface area contributed by atoms with Gasteiger partial charge in [-0.2, -0.15) is 0 Å². The lowest BCUT2D eigenvalue weighted by Gasteiger charge is -2.25. The first kappa shape index (κ1) is 34.2. The molecule has 0 atom stereocenters. The Bertz CT molecular complexity index is 1660. The van der Waals surface area contributed by atoms with Crippen LogP contribution >= 0.6 is 11.6 Å². The summed E-state index contributed by atoms with van der Waals surface area (Å²) in [6.07, 6.45) is 2.69. The van der Waals surface area contributed by atoms with E-state index in [0.717, 1.165) is 0 Å². The minimum atomic E-state index is -0.917. The molecule has 4 aromatic rings.